The van der Waals surface area contributed by atoms with Gasteiger partial charge in [0.15, 0.2) is 11.5 Å². The van der Waals surface area contributed by atoms with Crippen LogP contribution >= 0.6 is 22.7 Å². The number of nitrogens with one attached hydrogen (secondary N) is 1. The van der Waals surface area contributed by atoms with Crippen molar-refractivity contribution in [2.45, 2.75) is 6.54 Å². The van der Waals surface area contributed by atoms with Gasteiger partial charge in [0.05, 0.1) is 30.5 Å². The van der Waals surface area contributed by atoms with Crippen molar-refractivity contribution in [1.82, 2.24) is 5.32 Å². The third kappa shape index (κ3) is 3.95. The van der Waals surface area contributed by atoms with Crippen molar-refractivity contribution < 1.29 is 19.1 Å². The average molecular weight is 387 g/mol. The summed E-state index contributed by atoms with van der Waals surface area (Å²) >= 11 is 2.81. The maximum Gasteiger partial charge on any atom is 0.251 e. The zero-order valence-corrected chi connectivity index (χ0v) is 15.9. The van der Waals surface area contributed by atoms with Crippen molar-refractivity contribution in [3.63, 3.8) is 0 Å². The highest BCUT2D eigenvalue weighted by molar-refractivity contribution is 7.16. The first-order valence-electron chi connectivity index (χ1n) is 7.79. The molecule has 0 atom stereocenters. The molecule has 3 rings (SSSR count). The summed E-state index contributed by atoms with van der Waals surface area (Å²) in [6.07, 6.45) is 0. The van der Waals surface area contributed by atoms with Gasteiger partial charge in [-0.25, -0.2) is 0 Å². The van der Waals surface area contributed by atoms with Gasteiger partial charge in [-0.2, -0.15) is 0 Å². The highest BCUT2D eigenvalue weighted by Gasteiger charge is 2.14. The normalized spacial score (nSPS) is 10.4. The Hall–Kier alpha value is -2.64. The van der Waals surface area contributed by atoms with Crippen LogP contribution in [0, 0.1) is 0 Å². The molecular formula is C19H17NO4S2. The predicted molar refractivity (Wildman–Crippen MR) is 103 cm³/mol. The molecule has 2 aromatic heterocycles. The second-order valence-corrected chi connectivity index (χ2v) is 7.44. The number of hydrogen-bond donors (Lipinski definition) is 1. The summed E-state index contributed by atoms with van der Waals surface area (Å²) in [7, 11) is 3.07. The maximum absolute atomic E-state index is 12.3. The Morgan fingerprint density at radius 2 is 1.81 bits per heavy atom. The molecule has 0 fully saturated rings. The van der Waals surface area contributed by atoms with Crippen LogP contribution < -0.4 is 14.8 Å². The van der Waals surface area contributed by atoms with Crippen LogP contribution in [0.2, 0.25) is 0 Å². The fourth-order valence-corrected chi connectivity index (χ4v) is 4.02. The number of hydrogen-bond acceptors (Lipinski definition) is 6. The molecule has 2 heterocycles. The molecule has 0 spiro atoms. The van der Waals surface area contributed by atoms with Gasteiger partial charge < -0.3 is 14.8 Å². The lowest BCUT2D eigenvalue weighted by Crippen LogP contribution is -2.22. The molecule has 3 aromatic rings. The molecule has 1 amide bonds. The van der Waals surface area contributed by atoms with E-state index in [1.807, 2.05) is 23.6 Å². The van der Waals surface area contributed by atoms with Gasteiger partial charge in [-0.15, -0.1) is 22.7 Å². The lowest BCUT2D eigenvalue weighted by atomic mass is 10.2. The predicted octanol–water partition coefficient (Wildman–Crippen LogP) is 3.99. The van der Waals surface area contributed by atoms with Gasteiger partial charge in [-0.1, -0.05) is 6.07 Å². The van der Waals surface area contributed by atoms with Crippen LogP contribution in [0.1, 0.15) is 29.8 Å². The summed E-state index contributed by atoms with van der Waals surface area (Å²) in [4.78, 5) is 27.0. The minimum absolute atomic E-state index is 0.0162. The van der Waals surface area contributed by atoms with Crippen molar-refractivity contribution in [1.29, 1.82) is 0 Å². The Kier molecular flexibility index (Phi) is 5.70. The van der Waals surface area contributed by atoms with Crippen molar-refractivity contribution in [3.8, 4) is 11.5 Å². The molecule has 0 saturated heterocycles. The van der Waals surface area contributed by atoms with Gasteiger partial charge in [0.1, 0.15) is 0 Å². The fraction of sp³-hybridized carbons (Fsp3) is 0.158. The third-order valence-electron chi connectivity index (χ3n) is 3.70. The molecule has 0 unspecified atom stereocenters. The van der Waals surface area contributed by atoms with Crippen LogP contribution in [0.4, 0.5) is 0 Å². The average Bonchev–Trinajstić information content (AvgIpc) is 3.36. The van der Waals surface area contributed by atoms with Crippen molar-refractivity contribution in [2.24, 2.45) is 0 Å². The summed E-state index contributed by atoms with van der Waals surface area (Å²) < 4.78 is 10.4. The summed E-state index contributed by atoms with van der Waals surface area (Å²) in [5.41, 5.74) is 0.481. The molecule has 7 heteroatoms. The molecule has 26 heavy (non-hydrogen) atoms. The topological polar surface area (TPSA) is 64.6 Å². The molecule has 0 aliphatic carbocycles. The lowest BCUT2D eigenvalue weighted by molar-refractivity contribution is 0.0950. The number of ether oxygens (including phenoxy) is 2. The number of carbonyl (C=O) groups is 2. The molecule has 0 radical (unpaired) electrons. The van der Waals surface area contributed by atoms with E-state index < -0.39 is 0 Å². The first kappa shape index (κ1) is 18.2. The van der Waals surface area contributed by atoms with Crippen LogP contribution in [0.15, 0.2) is 47.8 Å². The second-order valence-electron chi connectivity index (χ2n) is 5.32. The SMILES string of the molecule is COc1ccc(C(=O)NCc2ccc(C(=O)c3cccs3)s2)cc1OC. The quantitative estimate of drug-likeness (QED) is 0.623. The van der Waals surface area contributed by atoms with Gasteiger partial charge in [-0.3, -0.25) is 9.59 Å². The van der Waals surface area contributed by atoms with E-state index in [2.05, 4.69) is 5.32 Å². The Morgan fingerprint density at radius 1 is 1.00 bits per heavy atom. The van der Waals surface area contributed by atoms with Crippen molar-refractivity contribution >= 4 is 34.4 Å². The fourth-order valence-electron chi connectivity index (χ4n) is 2.37. The van der Waals surface area contributed by atoms with E-state index in [1.54, 1.807) is 31.4 Å². The zero-order valence-electron chi connectivity index (χ0n) is 14.3. The summed E-state index contributed by atoms with van der Waals surface area (Å²) in [6, 6.07) is 12.3. The molecule has 0 bridgehead atoms. The Labute approximate surface area is 159 Å². The van der Waals surface area contributed by atoms with E-state index in [9.17, 15) is 9.59 Å². The number of ketones is 1. The van der Waals surface area contributed by atoms with E-state index >= 15 is 0 Å². The second kappa shape index (κ2) is 8.16. The molecule has 0 aliphatic rings. The van der Waals surface area contributed by atoms with Gasteiger partial charge in [0.2, 0.25) is 5.78 Å². The molecular weight excluding hydrogens is 370 g/mol. The maximum atomic E-state index is 12.3. The number of benzene rings is 1. The Bertz CT molecular complexity index is 916. The number of rotatable bonds is 7. The van der Waals surface area contributed by atoms with Crippen LogP contribution in [-0.4, -0.2) is 25.9 Å². The zero-order chi connectivity index (χ0) is 18.5. The molecule has 134 valence electrons. The Balaban J connectivity index is 1.64. The van der Waals surface area contributed by atoms with Crippen LogP contribution in [-0.2, 0) is 6.54 Å². The summed E-state index contributed by atoms with van der Waals surface area (Å²) in [5.74, 6) is 0.868. The highest BCUT2D eigenvalue weighted by Crippen LogP contribution is 2.27. The number of methoxy groups -OCH3 is 2. The molecule has 5 nitrogen and oxygen atoms in total. The smallest absolute Gasteiger partial charge is 0.251 e. The van der Waals surface area contributed by atoms with Crippen molar-refractivity contribution in [2.75, 3.05) is 14.2 Å². The summed E-state index contributed by atoms with van der Waals surface area (Å²) in [5, 5.41) is 4.74. The van der Waals surface area contributed by atoms with Gasteiger partial charge in [-0.05, 0) is 41.8 Å². The summed E-state index contributed by atoms with van der Waals surface area (Å²) in [6.45, 7) is 0.357. The third-order valence-corrected chi connectivity index (χ3v) is 5.65. The number of carbonyl (C=O) groups excluding carboxylic acids is 2. The minimum atomic E-state index is -0.217. The van der Waals surface area contributed by atoms with E-state index in [1.165, 1.54) is 29.8 Å². The van der Waals surface area contributed by atoms with Crippen molar-refractivity contribution in [3.05, 3.63) is 68.0 Å². The molecule has 0 saturated carbocycles. The first-order valence-corrected chi connectivity index (χ1v) is 9.49. The van der Waals surface area contributed by atoms with Crippen LogP contribution in [0.5, 0.6) is 11.5 Å². The number of amides is 1. The van der Waals surface area contributed by atoms with E-state index in [0.717, 1.165) is 4.88 Å². The largest absolute Gasteiger partial charge is 0.493 e. The van der Waals surface area contributed by atoms with E-state index in [4.69, 9.17) is 9.47 Å². The monoisotopic (exact) mass is 387 g/mol. The van der Waals surface area contributed by atoms with Gasteiger partial charge in [0, 0.05) is 10.4 Å². The number of thiophene rings is 2. The van der Waals surface area contributed by atoms with E-state index in [0.29, 0.717) is 33.4 Å². The molecule has 1 N–H and O–H groups in total. The Morgan fingerprint density at radius 3 is 2.50 bits per heavy atom. The standard InChI is InChI=1S/C19H17NO4S2/c1-23-14-7-5-12(10-15(14)24-2)19(22)20-11-13-6-8-17(26-13)18(21)16-4-3-9-25-16/h3-10H,11H2,1-2H3,(H,20,22). The molecule has 0 aliphatic heterocycles. The van der Waals surface area contributed by atoms with Crippen LogP contribution in [0.25, 0.3) is 0 Å². The van der Waals surface area contributed by atoms with Crippen LogP contribution in [0.3, 0.4) is 0 Å². The van der Waals surface area contributed by atoms with Gasteiger partial charge >= 0.3 is 0 Å². The molecule has 1 aromatic carbocycles. The minimum Gasteiger partial charge on any atom is -0.493 e. The highest BCUT2D eigenvalue weighted by atomic mass is 32.1. The lowest BCUT2D eigenvalue weighted by Gasteiger charge is -2.09. The van der Waals surface area contributed by atoms with Gasteiger partial charge in [0.25, 0.3) is 5.91 Å². The first-order chi connectivity index (χ1) is 12.6. The van der Waals surface area contributed by atoms with E-state index in [-0.39, 0.29) is 11.7 Å².